The van der Waals surface area contributed by atoms with Crippen LogP contribution >= 0.6 is 0 Å². The number of carbonyl (C=O) groups excluding carboxylic acids is 1. The largest absolute Gasteiger partial charge is 0.420 e. The maximum absolute atomic E-state index is 14.9. The van der Waals surface area contributed by atoms with Gasteiger partial charge in [0.2, 0.25) is 11.8 Å². The fraction of sp³-hybridized carbons (Fsp3) is 0.483. The number of sulfone groups is 1. The van der Waals surface area contributed by atoms with E-state index < -0.39 is 39.9 Å². The highest BCUT2D eigenvalue weighted by molar-refractivity contribution is 7.91. The van der Waals surface area contributed by atoms with Gasteiger partial charge in [0, 0.05) is 18.2 Å². The molecule has 224 valence electrons. The lowest BCUT2D eigenvalue weighted by Gasteiger charge is -2.23. The smallest absolute Gasteiger partial charge is 0.278 e. The van der Waals surface area contributed by atoms with Crippen molar-refractivity contribution in [2.45, 2.75) is 83.2 Å². The van der Waals surface area contributed by atoms with E-state index in [1.807, 2.05) is 20.8 Å². The molecule has 2 aromatic heterocycles. The molecule has 1 aromatic carbocycles. The average Bonchev–Trinajstić information content (AvgIpc) is 3.24. The zero-order chi connectivity index (χ0) is 30.6. The van der Waals surface area contributed by atoms with Crippen LogP contribution in [-0.2, 0) is 21.3 Å². The second kappa shape index (κ2) is 12.6. The zero-order valence-electron chi connectivity index (χ0n) is 24.2. The molecule has 0 saturated carbocycles. The number of pyridine rings is 1. The number of nitrogens with one attached hydrogen (secondary N) is 1. The number of halogens is 2. The molecule has 3 rings (SSSR count). The Balaban J connectivity index is 1.95. The third kappa shape index (κ3) is 7.28. The predicted octanol–water partition coefficient (Wildman–Crippen LogP) is 5.67. The van der Waals surface area contributed by atoms with Crippen LogP contribution < -0.4 is 10.1 Å². The number of rotatable bonds is 12. The van der Waals surface area contributed by atoms with Gasteiger partial charge in [0.15, 0.2) is 15.5 Å². The van der Waals surface area contributed by atoms with Crippen LogP contribution in [0.5, 0.6) is 11.8 Å². The first-order valence-electron chi connectivity index (χ1n) is 13.5. The van der Waals surface area contributed by atoms with Gasteiger partial charge in [0.25, 0.3) is 11.8 Å². The van der Waals surface area contributed by atoms with Crippen LogP contribution in [0.25, 0.3) is 0 Å². The summed E-state index contributed by atoms with van der Waals surface area (Å²) in [6.07, 6.45) is 1.71. The lowest BCUT2D eigenvalue weighted by Crippen LogP contribution is -2.32. The molecule has 0 bridgehead atoms. The first-order chi connectivity index (χ1) is 19.2. The van der Waals surface area contributed by atoms with Crippen molar-refractivity contribution in [2.24, 2.45) is 0 Å². The van der Waals surface area contributed by atoms with Crippen LogP contribution in [0, 0.1) is 6.92 Å². The summed E-state index contributed by atoms with van der Waals surface area (Å²) in [5.41, 5.74) is -0.287. The van der Waals surface area contributed by atoms with E-state index in [4.69, 9.17) is 4.74 Å². The molecule has 9 nitrogen and oxygen atoms in total. The van der Waals surface area contributed by atoms with E-state index in [0.29, 0.717) is 17.5 Å². The number of benzene rings is 1. The Labute approximate surface area is 239 Å². The molecule has 2 N–H and O–H groups in total. The number of hydrogen-bond acceptors (Lipinski definition) is 7. The SMILES string of the molecule is CCCC(F)(F)c1cccnc1Oc1c(C)c(C(=O)NC(CO)c2ccc(S(=O)(=O)CCC)cc2)nn1C(C)(C)C. The molecule has 0 aliphatic heterocycles. The zero-order valence-corrected chi connectivity index (χ0v) is 25.1. The first-order valence-corrected chi connectivity index (χ1v) is 15.2. The fourth-order valence-electron chi connectivity index (χ4n) is 4.32. The minimum Gasteiger partial charge on any atom is -0.420 e. The Morgan fingerprint density at radius 1 is 1.12 bits per heavy atom. The minimum atomic E-state index is -3.42. The van der Waals surface area contributed by atoms with Gasteiger partial charge in [-0.1, -0.05) is 32.4 Å². The highest BCUT2D eigenvalue weighted by Crippen LogP contribution is 2.40. The van der Waals surface area contributed by atoms with Crippen molar-refractivity contribution in [2.75, 3.05) is 12.4 Å². The number of ether oxygens (including phenoxy) is 1. The molecular formula is C29H38F2N4O5S. The summed E-state index contributed by atoms with van der Waals surface area (Å²) in [5.74, 6) is -3.98. The van der Waals surface area contributed by atoms with E-state index >= 15 is 0 Å². The summed E-state index contributed by atoms with van der Waals surface area (Å²) in [6, 6.07) is 7.79. The Morgan fingerprint density at radius 3 is 2.34 bits per heavy atom. The molecule has 12 heteroatoms. The van der Waals surface area contributed by atoms with Crippen LogP contribution in [0.4, 0.5) is 8.78 Å². The van der Waals surface area contributed by atoms with Gasteiger partial charge in [-0.2, -0.15) is 5.10 Å². The molecule has 0 fully saturated rings. The highest BCUT2D eigenvalue weighted by Gasteiger charge is 2.36. The van der Waals surface area contributed by atoms with Crippen LogP contribution in [0.15, 0.2) is 47.5 Å². The molecule has 1 atom stereocenters. The monoisotopic (exact) mass is 592 g/mol. The summed E-state index contributed by atoms with van der Waals surface area (Å²) in [6.45, 7) is 10.0. The van der Waals surface area contributed by atoms with E-state index in [2.05, 4.69) is 15.4 Å². The maximum Gasteiger partial charge on any atom is 0.278 e. The van der Waals surface area contributed by atoms with E-state index in [-0.39, 0.29) is 46.5 Å². The summed E-state index contributed by atoms with van der Waals surface area (Å²) in [5, 5.41) is 17.2. The van der Waals surface area contributed by atoms with Gasteiger partial charge in [-0.15, -0.1) is 0 Å². The molecule has 0 aliphatic rings. The predicted molar refractivity (Wildman–Crippen MR) is 151 cm³/mol. The number of aliphatic hydroxyl groups is 1. The first kappa shape index (κ1) is 32.1. The van der Waals surface area contributed by atoms with Crippen molar-refractivity contribution in [3.8, 4) is 11.8 Å². The number of hydrogen-bond donors (Lipinski definition) is 2. The molecule has 1 amide bonds. The summed E-state index contributed by atoms with van der Waals surface area (Å²) >= 11 is 0. The van der Waals surface area contributed by atoms with Crippen molar-refractivity contribution in [1.29, 1.82) is 0 Å². The van der Waals surface area contributed by atoms with Gasteiger partial charge < -0.3 is 15.2 Å². The van der Waals surface area contributed by atoms with Crippen LogP contribution in [0.1, 0.15) is 87.1 Å². The quantitative estimate of drug-likeness (QED) is 0.278. The summed E-state index contributed by atoms with van der Waals surface area (Å²) in [7, 11) is -3.42. The second-order valence-corrected chi connectivity index (χ2v) is 13.0. The van der Waals surface area contributed by atoms with Crippen molar-refractivity contribution in [3.05, 3.63) is 65.0 Å². The summed E-state index contributed by atoms with van der Waals surface area (Å²) < 4.78 is 61.9. The molecule has 0 spiro atoms. The number of amides is 1. The van der Waals surface area contributed by atoms with E-state index in [0.717, 1.165) is 0 Å². The Morgan fingerprint density at radius 2 is 1.78 bits per heavy atom. The van der Waals surface area contributed by atoms with Crippen molar-refractivity contribution in [3.63, 3.8) is 0 Å². The Bertz CT molecular complexity index is 1470. The Hall–Kier alpha value is -3.38. The lowest BCUT2D eigenvalue weighted by molar-refractivity contribution is -0.0163. The van der Waals surface area contributed by atoms with Gasteiger partial charge in [0.05, 0.1) is 34.4 Å². The van der Waals surface area contributed by atoms with Crippen molar-refractivity contribution in [1.82, 2.24) is 20.1 Å². The third-order valence-electron chi connectivity index (χ3n) is 6.44. The normalized spacial score (nSPS) is 13.2. The van der Waals surface area contributed by atoms with E-state index in [1.165, 1.54) is 47.3 Å². The van der Waals surface area contributed by atoms with Crippen molar-refractivity contribution < 1.29 is 31.8 Å². The molecule has 2 heterocycles. The lowest BCUT2D eigenvalue weighted by atomic mass is 10.1. The molecule has 0 aliphatic carbocycles. The van der Waals surface area contributed by atoms with Crippen molar-refractivity contribution >= 4 is 15.7 Å². The number of alkyl halides is 2. The standard InChI is InChI=1S/C29H38F2N4O5S/c1-7-15-29(30,31)22-10-9-16-32-26(22)40-27-19(3)24(34-35(27)28(4,5)6)25(37)33-23(18-36)20-11-13-21(14-12-20)41(38,39)17-8-2/h9-14,16,23,36H,7-8,15,17-18H2,1-6H3,(H,33,37). The third-order valence-corrected chi connectivity index (χ3v) is 8.38. The highest BCUT2D eigenvalue weighted by atomic mass is 32.2. The number of aromatic nitrogens is 3. The number of carbonyl (C=O) groups is 1. The molecular weight excluding hydrogens is 554 g/mol. The fourth-order valence-corrected chi connectivity index (χ4v) is 5.64. The van der Waals surface area contributed by atoms with Crippen LogP contribution in [0.3, 0.4) is 0 Å². The van der Waals surface area contributed by atoms with Gasteiger partial charge in [-0.25, -0.2) is 26.9 Å². The Kier molecular flexibility index (Phi) is 9.91. The van der Waals surface area contributed by atoms with Gasteiger partial charge in [-0.3, -0.25) is 4.79 Å². The molecule has 0 radical (unpaired) electrons. The molecule has 1 unspecified atom stereocenters. The van der Waals surface area contributed by atoms with Crippen LogP contribution in [-0.4, -0.2) is 46.6 Å². The summed E-state index contributed by atoms with van der Waals surface area (Å²) in [4.78, 5) is 17.6. The molecule has 0 saturated heterocycles. The van der Waals surface area contributed by atoms with Crippen LogP contribution in [0.2, 0.25) is 0 Å². The minimum absolute atomic E-state index is 0.0167. The van der Waals surface area contributed by atoms with E-state index in [1.54, 1.807) is 20.8 Å². The topological polar surface area (TPSA) is 123 Å². The van der Waals surface area contributed by atoms with Gasteiger partial charge in [0.1, 0.15) is 0 Å². The second-order valence-electron chi connectivity index (χ2n) is 10.9. The number of aliphatic hydroxyl groups excluding tert-OH is 1. The van der Waals surface area contributed by atoms with E-state index in [9.17, 15) is 27.1 Å². The van der Waals surface area contributed by atoms with Gasteiger partial charge in [-0.05, 0) is 63.9 Å². The maximum atomic E-state index is 14.9. The molecule has 3 aromatic rings. The average molecular weight is 593 g/mol. The number of nitrogens with zero attached hydrogens (tertiary/aromatic N) is 3. The molecule has 41 heavy (non-hydrogen) atoms. The van der Waals surface area contributed by atoms with Gasteiger partial charge >= 0.3 is 0 Å².